The van der Waals surface area contributed by atoms with Gasteiger partial charge in [0.15, 0.2) is 0 Å². The second-order valence-corrected chi connectivity index (χ2v) is 5.25. The first-order chi connectivity index (χ1) is 9.29. The lowest BCUT2D eigenvalue weighted by Crippen LogP contribution is -2.38. The molecule has 1 unspecified atom stereocenters. The normalized spacial score (nSPS) is 12.4. The van der Waals surface area contributed by atoms with E-state index in [0.717, 1.165) is 12.1 Å². The minimum absolute atomic E-state index is 0.0120. The van der Waals surface area contributed by atoms with E-state index in [4.69, 9.17) is 0 Å². The molecule has 0 fully saturated rings. The molecule has 1 amide bonds. The average molecular weight is 284 g/mol. The molecule has 112 valence electrons. The molecule has 20 heavy (non-hydrogen) atoms. The van der Waals surface area contributed by atoms with Crippen molar-refractivity contribution in [1.29, 1.82) is 0 Å². The summed E-state index contributed by atoms with van der Waals surface area (Å²) in [5, 5.41) is 2.61. The Hall–Kier alpha value is -1.65. The van der Waals surface area contributed by atoms with Crippen LogP contribution in [0.4, 0.5) is 14.5 Å². The summed E-state index contributed by atoms with van der Waals surface area (Å²) in [5.74, 6) is -1.62. The molecule has 3 nitrogen and oxygen atoms in total. The molecule has 0 saturated heterocycles. The van der Waals surface area contributed by atoms with E-state index in [1.165, 1.54) is 4.90 Å². The van der Waals surface area contributed by atoms with E-state index in [2.05, 4.69) is 5.32 Å². The SMILES string of the molecule is CCNc1c(F)cc(C(=O)N(C)C(C)C(C)C)cc1F. The van der Waals surface area contributed by atoms with Crippen molar-refractivity contribution in [2.24, 2.45) is 5.92 Å². The minimum Gasteiger partial charge on any atom is -0.381 e. The third-order valence-electron chi connectivity index (χ3n) is 3.54. The van der Waals surface area contributed by atoms with Gasteiger partial charge in [-0.2, -0.15) is 0 Å². The molecule has 5 heteroatoms. The predicted octanol–water partition coefficient (Wildman–Crippen LogP) is 3.51. The van der Waals surface area contributed by atoms with Gasteiger partial charge in [0, 0.05) is 25.2 Å². The molecule has 0 bridgehead atoms. The van der Waals surface area contributed by atoms with Gasteiger partial charge < -0.3 is 10.2 Å². The molecule has 1 aromatic rings. The van der Waals surface area contributed by atoms with Gasteiger partial charge in [0.1, 0.15) is 17.3 Å². The average Bonchev–Trinajstić information content (AvgIpc) is 2.39. The summed E-state index contributed by atoms with van der Waals surface area (Å²) in [5.41, 5.74) is -0.166. The Balaban J connectivity index is 3.06. The number of amides is 1. The van der Waals surface area contributed by atoms with Crippen LogP contribution in [0.2, 0.25) is 0 Å². The van der Waals surface area contributed by atoms with Gasteiger partial charge in [0.25, 0.3) is 5.91 Å². The fraction of sp³-hybridized carbons (Fsp3) is 0.533. The molecule has 0 saturated carbocycles. The number of nitrogens with one attached hydrogen (secondary N) is 1. The maximum Gasteiger partial charge on any atom is 0.254 e. The number of nitrogens with zero attached hydrogens (tertiary/aromatic N) is 1. The zero-order valence-corrected chi connectivity index (χ0v) is 12.6. The fourth-order valence-corrected chi connectivity index (χ4v) is 1.88. The van der Waals surface area contributed by atoms with Gasteiger partial charge in [-0.15, -0.1) is 0 Å². The lowest BCUT2D eigenvalue weighted by atomic mass is 10.0. The van der Waals surface area contributed by atoms with Gasteiger partial charge in [-0.25, -0.2) is 8.78 Å². The van der Waals surface area contributed by atoms with Crippen molar-refractivity contribution in [3.05, 3.63) is 29.3 Å². The van der Waals surface area contributed by atoms with Gasteiger partial charge >= 0.3 is 0 Å². The molecule has 0 aromatic heterocycles. The Labute approximate surface area is 119 Å². The number of carbonyl (C=O) groups is 1. The Kier molecular flexibility index (Phi) is 5.48. The van der Waals surface area contributed by atoms with Crippen LogP contribution >= 0.6 is 0 Å². The van der Waals surface area contributed by atoms with E-state index in [0.29, 0.717) is 6.54 Å². The molecule has 0 aliphatic rings. The highest BCUT2D eigenvalue weighted by Gasteiger charge is 2.22. The van der Waals surface area contributed by atoms with Crippen LogP contribution in [-0.2, 0) is 0 Å². The first-order valence-corrected chi connectivity index (χ1v) is 6.79. The van der Waals surface area contributed by atoms with Crippen molar-refractivity contribution in [2.75, 3.05) is 18.9 Å². The molecular weight excluding hydrogens is 262 g/mol. The summed E-state index contributed by atoms with van der Waals surface area (Å²) in [4.78, 5) is 13.7. The quantitative estimate of drug-likeness (QED) is 0.897. The lowest BCUT2D eigenvalue weighted by molar-refractivity contribution is 0.0706. The van der Waals surface area contributed by atoms with Crippen LogP contribution in [0.1, 0.15) is 38.1 Å². The molecular formula is C15H22F2N2O. The first kappa shape index (κ1) is 16.4. The summed E-state index contributed by atoms with van der Waals surface area (Å²) in [6, 6.07) is 2.14. The highest BCUT2D eigenvalue weighted by atomic mass is 19.1. The van der Waals surface area contributed by atoms with Crippen LogP contribution in [0.25, 0.3) is 0 Å². The predicted molar refractivity (Wildman–Crippen MR) is 76.9 cm³/mol. The standard InChI is InChI=1S/C15H22F2N2O/c1-6-18-14-12(16)7-11(8-13(14)17)15(20)19(5)10(4)9(2)3/h7-10,18H,6H2,1-5H3. The smallest absolute Gasteiger partial charge is 0.254 e. The van der Waals surface area contributed by atoms with Crippen molar-refractivity contribution in [1.82, 2.24) is 4.90 Å². The molecule has 1 atom stereocenters. The largest absolute Gasteiger partial charge is 0.381 e. The van der Waals surface area contributed by atoms with E-state index in [9.17, 15) is 13.6 Å². The van der Waals surface area contributed by atoms with Gasteiger partial charge in [0.05, 0.1) is 0 Å². The number of halogens is 2. The highest BCUT2D eigenvalue weighted by Crippen LogP contribution is 2.22. The Morgan fingerprint density at radius 3 is 2.15 bits per heavy atom. The van der Waals surface area contributed by atoms with E-state index in [1.807, 2.05) is 20.8 Å². The van der Waals surface area contributed by atoms with Crippen LogP contribution in [0, 0.1) is 17.6 Å². The molecule has 0 aliphatic heterocycles. The maximum absolute atomic E-state index is 13.8. The monoisotopic (exact) mass is 284 g/mol. The van der Waals surface area contributed by atoms with Gasteiger partial charge in [0.2, 0.25) is 0 Å². The van der Waals surface area contributed by atoms with Crippen molar-refractivity contribution in [3.8, 4) is 0 Å². The molecule has 0 aliphatic carbocycles. The Bertz CT molecular complexity index is 466. The lowest BCUT2D eigenvalue weighted by Gasteiger charge is -2.28. The Morgan fingerprint density at radius 1 is 1.25 bits per heavy atom. The van der Waals surface area contributed by atoms with E-state index in [1.54, 1.807) is 14.0 Å². The number of rotatable bonds is 5. The summed E-state index contributed by atoms with van der Waals surface area (Å²) < 4.78 is 27.6. The van der Waals surface area contributed by atoms with E-state index < -0.39 is 11.6 Å². The van der Waals surface area contributed by atoms with Crippen LogP contribution in [0.3, 0.4) is 0 Å². The third kappa shape index (κ3) is 3.46. The number of benzene rings is 1. The van der Waals surface area contributed by atoms with E-state index >= 15 is 0 Å². The fourth-order valence-electron chi connectivity index (χ4n) is 1.88. The van der Waals surface area contributed by atoms with Gasteiger partial charge in [-0.3, -0.25) is 4.79 Å². The third-order valence-corrected chi connectivity index (χ3v) is 3.54. The number of hydrogen-bond acceptors (Lipinski definition) is 2. The number of anilines is 1. The summed E-state index contributed by atoms with van der Waals surface area (Å²) in [6.45, 7) is 8.04. The zero-order valence-electron chi connectivity index (χ0n) is 12.6. The molecule has 1 N–H and O–H groups in total. The summed E-state index contributed by atoms with van der Waals surface area (Å²) in [7, 11) is 1.64. The van der Waals surface area contributed by atoms with Crippen molar-refractivity contribution in [2.45, 2.75) is 33.7 Å². The topological polar surface area (TPSA) is 32.3 Å². The minimum atomic E-state index is -0.749. The van der Waals surface area contributed by atoms with E-state index in [-0.39, 0.29) is 29.1 Å². The molecule has 0 heterocycles. The summed E-state index contributed by atoms with van der Waals surface area (Å²) >= 11 is 0. The first-order valence-electron chi connectivity index (χ1n) is 6.79. The van der Waals surface area contributed by atoms with Crippen LogP contribution < -0.4 is 5.32 Å². The van der Waals surface area contributed by atoms with Crippen molar-refractivity contribution in [3.63, 3.8) is 0 Å². The molecule has 1 rings (SSSR count). The van der Waals surface area contributed by atoms with Gasteiger partial charge in [-0.1, -0.05) is 13.8 Å². The highest BCUT2D eigenvalue weighted by molar-refractivity contribution is 5.94. The molecule has 0 radical (unpaired) electrons. The zero-order chi connectivity index (χ0) is 15.4. The molecule has 0 spiro atoms. The van der Waals surface area contributed by atoms with Crippen molar-refractivity contribution >= 4 is 11.6 Å². The van der Waals surface area contributed by atoms with Crippen LogP contribution in [0.15, 0.2) is 12.1 Å². The Morgan fingerprint density at radius 2 is 1.75 bits per heavy atom. The summed E-state index contributed by atoms with van der Waals surface area (Å²) in [6.07, 6.45) is 0. The number of carbonyl (C=O) groups excluding carboxylic acids is 1. The second-order valence-electron chi connectivity index (χ2n) is 5.25. The van der Waals surface area contributed by atoms with Crippen molar-refractivity contribution < 1.29 is 13.6 Å². The maximum atomic E-state index is 13.8. The second kappa shape index (κ2) is 6.68. The van der Waals surface area contributed by atoms with Crippen LogP contribution in [-0.4, -0.2) is 30.4 Å². The number of hydrogen-bond donors (Lipinski definition) is 1. The van der Waals surface area contributed by atoms with Gasteiger partial charge in [-0.05, 0) is 31.9 Å². The molecule has 1 aromatic carbocycles. The van der Waals surface area contributed by atoms with Crippen LogP contribution in [0.5, 0.6) is 0 Å².